The molecule has 0 saturated heterocycles. The SMILES string of the molecule is CCC(C)(C)C(F)(F)C(F)(F)C(C)C(C)(CC)C(F)(F)C(F)(OC(F)(F)F)C(C)(C)CC. The lowest BCUT2D eigenvalue weighted by Crippen LogP contribution is -2.68. The molecule has 0 aromatic heterocycles. The van der Waals surface area contributed by atoms with Crippen LogP contribution in [0.1, 0.15) is 81.6 Å². The van der Waals surface area contributed by atoms with Crippen LogP contribution in [0.2, 0.25) is 0 Å². The zero-order valence-electron chi connectivity index (χ0n) is 19.9. The largest absolute Gasteiger partial charge is 0.525 e. The fraction of sp³-hybridized carbons (Fsp3) is 1.00. The first-order chi connectivity index (χ1) is 13.8. The molecule has 0 aromatic carbocycles. The van der Waals surface area contributed by atoms with Crippen molar-refractivity contribution in [2.45, 2.75) is 112 Å². The summed E-state index contributed by atoms with van der Waals surface area (Å²) in [7, 11) is 0. The van der Waals surface area contributed by atoms with E-state index in [1.54, 1.807) is 0 Å². The van der Waals surface area contributed by atoms with E-state index in [2.05, 4.69) is 4.74 Å². The van der Waals surface area contributed by atoms with Gasteiger partial charge < -0.3 is 0 Å². The summed E-state index contributed by atoms with van der Waals surface area (Å²) in [5.41, 5.74) is -8.22. The molecule has 0 rings (SSSR count). The van der Waals surface area contributed by atoms with E-state index >= 15 is 22.0 Å². The van der Waals surface area contributed by atoms with Crippen LogP contribution in [0, 0.1) is 22.2 Å². The van der Waals surface area contributed by atoms with Crippen LogP contribution in [0.3, 0.4) is 0 Å². The van der Waals surface area contributed by atoms with Crippen LogP contribution in [-0.2, 0) is 4.74 Å². The molecule has 1 nitrogen and oxygen atoms in total. The van der Waals surface area contributed by atoms with Gasteiger partial charge in [0.05, 0.1) is 0 Å². The van der Waals surface area contributed by atoms with Crippen molar-refractivity contribution in [2.75, 3.05) is 0 Å². The van der Waals surface area contributed by atoms with E-state index in [4.69, 9.17) is 0 Å². The second-order valence-corrected chi connectivity index (χ2v) is 9.88. The summed E-state index contributed by atoms with van der Waals surface area (Å²) in [5.74, 6) is -23.0. The first kappa shape index (κ1) is 31.3. The van der Waals surface area contributed by atoms with Crippen molar-refractivity contribution in [2.24, 2.45) is 22.2 Å². The van der Waals surface area contributed by atoms with Crippen LogP contribution >= 0.6 is 0 Å². The third-order valence-corrected chi connectivity index (χ3v) is 7.52. The number of halogens is 10. The standard InChI is InChI=1S/C21H34F10O/c1-10-14(5,6)18(24,25)17(22,23)13(4)16(9,12-3)19(26,27)20(28,15(7,8)11-2)32-21(29,30)31/h13H,10-12H2,1-9H3. The van der Waals surface area contributed by atoms with Crippen LogP contribution in [0.4, 0.5) is 43.9 Å². The van der Waals surface area contributed by atoms with Crippen molar-refractivity contribution in [3.05, 3.63) is 0 Å². The van der Waals surface area contributed by atoms with Crippen LogP contribution in [0.25, 0.3) is 0 Å². The molecule has 0 spiro atoms. The normalized spacial score (nSPS) is 20.0. The van der Waals surface area contributed by atoms with Crippen molar-refractivity contribution in [3.63, 3.8) is 0 Å². The maximum absolute atomic E-state index is 15.7. The molecular weight excluding hydrogens is 458 g/mol. The van der Waals surface area contributed by atoms with Crippen LogP contribution in [0.5, 0.6) is 0 Å². The molecule has 0 amide bonds. The molecule has 0 bridgehead atoms. The Kier molecular flexibility index (Phi) is 8.60. The highest BCUT2D eigenvalue weighted by atomic mass is 19.4. The molecule has 0 aliphatic rings. The van der Waals surface area contributed by atoms with E-state index in [0.717, 1.165) is 41.5 Å². The molecule has 32 heavy (non-hydrogen) atoms. The zero-order valence-corrected chi connectivity index (χ0v) is 19.9. The van der Waals surface area contributed by atoms with Gasteiger partial charge in [-0.25, -0.2) is 9.13 Å². The summed E-state index contributed by atoms with van der Waals surface area (Å²) in [5, 5.41) is 0. The van der Waals surface area contributed by atoms with E-state index in [0.29, 0.717) is 13.8 Å². The van der Waals surface area contributed by atoms with E-state index < -0.39 is 71.4 Å². The van der Waals surface area contributed by atoms with E-state index in [-0.39, 0.29) is 0 Å². The van der Waals surface area contributed by atoms with Gasteiger partial charge in [-0.05, 0) is 19.3 Å². The molecule has 3 unspecified atom stereocenters. The van der Waals surface area contributed by atoms with E-state index in [9.17, 15) is 22.0 Å². The summed E-state index contributed by atoms with van der Waals surface area (Å²) >= 11 is 0. The van der Waals surface area contributed by atoms with Gasteiger partial charge in [0.1, 0.15) is 0 Å². The first-order valence-corrected chi connectivity index (χ1v) is 10.4. The summed E-state index contributed by atoms with van der Waals surface area (Å²) in [6, 6.07) is 0. The smallest absolute Gasteiger partial charge is 0.247 e. The molecule has 0 aliphatic carbocycles. The van der Waals surface area contributed by atoms with Crippen molar-refractivity contribution in [3.8, 4) is 0 Å². The minimum absolute atomic E-state index is 0.379. The molecule has 11 heteroatoms. The number of ether oxygens (including phenoxy) is 1. The average molecular weight is 492 g/mol. The number of alkyl halides is 10. The molecule has 194 valence electrons. The molecule has 0 aromatic rings. The fourth-order valence-corrected chi connectivity index (χ4v) is 3.53. The van der Waals surface area contributed by atoms with Gasteiger partial charge in [0.15, 0.2) is 0 Å². The van der Waals surface area contributed by atoms with Gasteiger partial charge in [-0.2, -0.15) is 26.3 Å². The third-order valence-electron chi connectivity index (χ3n) is 7.52. The number of rotatable bonds is 11. The van der Waals surface area contributed by atoms with E-state index in [1.165, 1.54) is 6.92 Å². The Morgan fingerprint density at radius 3 is 1.25 bits per heavy atom. The lowest BCUT2D eigenvalue weighted by molar-refractivity contribution is -0.469. The lowest BCUT2D eigenvalue weighted by atomic mass is 9.60. The Labute approximate surface area is 183 Å². The van der Waals surface area contributed by atoms with Gasteiger partial charge in [0.25, 0.3) is 5.85 Å². The Balaban J connectivity index is 7.00. The fourth-order valence-electron chi connectivity index (χ4n) is 3.53. The van der Waals surface area contributed by atoms with Crippen LogP contribution in [-0.4, -0.2) is 30.0 Å². The van der Waals surface area contributed by atoms with Crippen molar-refractivity contribution in [1.29, 1.82) is 0 Å². The van der Waals surface area contributed by atoms with Crippen molar-refractivity contribution in [1.82, 2.24) is 0 Å². The molecule has 0 aliphatic heterocycles. The lowest BCUT2D eigenvalue weighted by Gasteiger charge is -2.54. The molecule has 3 atom stereocenters. The summed E-state index contributed by atoms with van der Waals surface area (Å²) in [6.45, 7) is 7.07. The van der Waals surface area contributed by atoms with Crippen molar-refractivity contribution < 1.29 is 48.6 Å². The average Bonchev–Trinajstić information content (AvgIpc) is 2.64. The minimum Gasteiger partial charge on any atom is -0.247 e. The van der Waals surface area contributed by atoms with Gasteiger partial charge in [-0.15, -0.1) is 13.2 Å². The molecular formula is C21H34F10O. The number of hydrogen-bond donors (Lipinski definition) is 0. The van der Waals surface area contributed by atoms with Gasteiger partial charge in [0, 0.05) is 22.2 Å². The summed E-state index contributed by atoms with van der Waals surface area (Å²) in [6.07, 6.45) is -7.97. The van der Waals surface area contributed by atoms with Gasteiger partial charge in [-0.1, -0.05) is 62.3 Å². The second-order valence-electron chi connectivity index (χ2n) is 9.88. The van der Waals surface area contributed by atoms with Crippen LogP contribution < -0.4 is 0 Å². The van der Waals surface area contributed by atoms with E-state index in [1.807, 2.05) is 0 Å². The third kappa shape index (κ3) is 4.60. The maximum atomic E-state index is 15.7. The molecule has 0 radical (unpaired) electrons. The highest BCUT2D eigenvalue weighted by molar-refractivity contribution is 5.11. The predicted molar refractivity (Wildman–Crippen MR) is 102 cm³/mol. The summed E-state index contributed by atoms with van der Waals surface area (Å²) in [4.78, 5) is 0. The van der Waals surface area contributed by atoms with Gasteiger partial charge >= 0.3 is 24.1 Å². The second kappa shape index (κ2) is 8.80. The minimum atomic E-state index is -5.89. The Bertz CT molecular complexity index is 641. The first-order valence-electron chi connectivity index (χ1n) is 10.4. The topological polar surface area (TPSA) is 9.23 Å². The Morgan fingerprint density at radius 2 is 0.969 bits per heavy atom. The highest BCUT2D eigenvalue weighted by Gasteiger charge is 2.78. The summed E-state index contributed by atoms with van der Waals surface area (Å²) < 4.78 is 149. The van der Waals surface area contributed by atoms with Crippen molar-refractivity contribution >= 4 is 0 Å². The van der Waals surface area contributed by atoms with Gasteiger partial charge in [0.2, 0.25) is 0 Å². The molecule has 0 heterocycles. The Hall–Kier alpha value is -0.740. The van der Waals surface area contributed by atoms with Crippen LogP contribution in [0.15, 0.2) is 0 Å². The predicted octanol–water partition coefficient (Wildman–Crippen LogP) is 9.02. The monoisotopic (exact) mass is 492 g/mol. The molecule has 0 N–H and O–H groups in total. The molecule has 0 fully saturated rings. The van der Waals surface area contributed by atoms with Gasteiger partial charge in [-0.3, -0.25) is 0 Å². The maximum Gasteiger partial charge on any atom is 0.525 e. The quantitative estimate of drug-likeness (QED) is 0.262. The Morgan fingerprint density at radius 1 is 0.594 bits per heavy atom. The molecule has 0 saturated carbocycles. The number of hydrogen-bond acceptors (Lipinski definition) is 1. The zero-order chi connectivity index (χ0) is 26.4. The highest BCUT2D eigenvalue weighted by Crippen LogP contribution is 2.64.